The lowest BCUT2D eigenvalue weighted by Gasteiger charge is -2.55. The number of likely N-dealkylation sites (tertiary alicyclic amines) is 1. The first-order valence-electron chi connectivity index (χ1n) is 10.9. The largest absolute Gasteiger partial charge is 0.445 e. The Morgan fingerprint density at radius 2 is 1.84 bits per heavy atom. The van der Waals surface area contributed by atoms with Crippen LogP contribution in [0.3, 0.4) is 0 Å². The van der Waals surface area contributed by atoms with Gasteiger partial charge in [0.1, 0.15) is 12.2 Å². The van der Waals surface area contributed by atoms with Gasteiger partial charge in [-0.1, -0.05) is 45.0 Å². The molecule has 2 N–H and O–H groups in total. The van der Waals surface area contributed by atoms with Crippen LogP contribution < -0.4 is 5.32 Å². The van der Waals surface area contributed by atoms with Gasteiger partial charge in [0.2, 0.25) is 0 Å². The van der Waals surface area contributed by atoms with Crippen LogP contribution >= 0.6 is 0 Å². The van der Waals surface area contributed by atoms with Crippen molar-refractivity contribution in [2.45, 2.75) is 58.8 Å². The summed E-state index contributed by atoms with van der Waals surface area (Å²) in [6.07, 6.45) is 2.92. The van der Waals surface area contributed by atoms with Gasteiger partial charge in [-0.2, -0.15) is 0 Å². The van der Waals surface area contributed by atoms with Gasteiger partial charge in [0, 0.05) is 48.1 Å². The second kappa shape index (κ2) is 8.97. The van der Waals surface area contributed by atoms with Crippen LogP contribution in [0.15, 0.2) is 42.7 Å². The van der Waals surface area contributed by atoms with Gasteiger partial charge >= 0.3 is 6.09 Å². The molecule has 0 aliphatic carbocycles. The number of aliphatic hydroxyl groups is 1. The summed E-state index contributed by atoms with van der Waals surface area (Å²) in [5.74, 6) is 0.423. The molecule has 1 aromatic carbocycles. The Kier molecular flexibility index (Phi) is 6.72. The Morgan fingerprint density at radius 3 is 2.39 bits per heavy atom. The van der Waals surface area contributed by atoms with E-state index in [4.69, 9.17) is 4.74 Å². The van der Waals surface area contributed by atoms with Gasteiger partial charge in [0.15, 0.2) is 0 Å². The lowest BCUT2D eigenvalue weighted by Crippen LogP contribution is -2.63. The summed E-state index contributed by atoms with van der Waals surface area (Å²) in [4.78, 5) is 18.4. The first kappa shape index (κ1) is 23.2. The van der Waals surface area contributed by atoms with Crippen molar-refractivity contribution in [1.82, 2.24) is 15.2 Å². The number of hydrogen-bond acceptors (Lipinski definition) is 5. The molecular formula is C25H35N3O3. The highest BCUT2D eigenvalue weighted by atomic mass is 16.5. The van der Waals surface area contributed by atoms with E-state index in [2.05, 4.69) is 55.2 Å². The Balaban J connectivity index is 1.94. The van der Waals surface area contributed by atoms with Crippen LogP contribution in [0.2, 0.25) is 0 Å². The van der Waals surface area contributed by atoms with Crippen molar-refractivity contribution in [2.75, 3.05) is 20.1 Å². The second-order valence-electron chi connectivity index (χ2n) is 9.68. The molecule has 2 aromatic rings. The Hall–Kier alpha value is -2.44. The smallest absolute Gasteiger partial charge is 0.407 e. The van der Waals surface area contributed by atoms with Crippen LogP contribution in [0, 0.1) is 5.41 Å². The Labute approximate surface area is 185 Å². The molecule has 0 saturated carbocycles. The normalized spacial score (nSPS) is 17.8. The fourth-order valence-corrected chi connectivity index (χ4v) is 4.54. The third kappa shape index (κ3) is 4.75. The van der Waals surface area contributed by atoms with Gasteiger partial charge in [0.05, 0.1) is 0 Å². The fraction of sp³-hybridized carbons (Fsp3) is 0.520. The first-order chi connectivity index (χ1) is 14.5. The van der Waals surface area contributed by atoms with E-state index >= 15 is 0 Å². The number of carbonyl (C=O) groups excluding carboxylic acids is 1. The predicted octanol–water partition coefficient (Wildman–Crippen LogP) is 4.03. The number of aromatic nitrogens is 1. The second-order valence-corrected chi connectivity index (χ2v) is 9.68. The molecule has 0 bridgehead atoms. The molecule has 1 aliphatic rings. The number of ether oxygens (including phenoxy) is 1. The van der Waals surface area contributed by atoms with Gasteiger partial charge < -0.3 is 20.1 Å². The number of rotatable bonds is 7. The molecule has 1 amide bonds. The topological polar surface area (TPSA) is 74.7 Å². The van der Waals surface area contributed by atoms with Crippen molar-refractivity contribution in [1.29, 1.82) is 0 Å². The number of hydrogen-bond donors (Lipinski definition) is 2. The number of alkyl carbamates (subject to hydrolysis) is 1. The zero-order valence-corrected chi connectivity index (χ0v) is 19.5. The molecule has 1 aliphatic heterocycles. The van der Waals surface area contributed by atoms with Crippen LogP contribution in [0.25, 0.3) is 0 Å². The summed E-state index contributed by atoms with van der Waals surface area (Å²) >= 11 is 0. The van der Waals surface area contributed by atoms with Gasteiger partial charge in [-0.3, -0.25) is 4.98 Å². The van der Waals surface area contributed by atoms with Crippen LogP contribution in [0.1, 0.15) is 62.8 Å². The average molecular weight is 426 g/mol. The van der Waals surface area contributed by atoms with Gasteiger partial charge in [-0.25, -0.2) is 4.79 Å². The van der Waals surface area contributed by atoms with Crippen molar-refractivity contribution in [3.8, 4) is 0 Å². The zero-order chi connectivity index (χ0) is 22.8. The van der Waals surface area contributed by atoms with Crippen LogP contribution in [-0.4, -0.2) is 47.3 Å². The standard InChI is InChI=1S/C25H35N3O3/c1-17(2)20-7-9-21(10-8-20)25(30,24(5)15-28(6)16-24)22-11-19(12-26-13-22)14-31-23(29)27-18(3)4/h7-13,17-18,30H,14-16H2,1-6H3,(H,27,29). The highest BCUT2D eigenvalue weighted by molar-refractivity contribution is 5.67. The maximum atomic E-state index is 12.2. The lowest BCUT2D eigenvalue weighted by atomic mass is 9.62. The minimum Gasteiger partial charge on any atom is -0.445 e. The first-order valence-corrected chi connectivity index (χ1v) is 10.9. The lowest BCUT2D eigenvalue weighted by molar-refractivity contribution is -0.127. The number of benzene rings is 1. The molecule has 1 fully saturated rings. The quantitative estimate of drug-likeness (QED) is 0.701. The molecule has 0 spiro atoms. The molecule has 1 aromatic heterocycles. The molecule has 3 rings (SSSR count). The van der Waals surface area contributed by atoms with Gasteiger partial charge in [-0.15, -0.1) is 0 Å². The third-order valence-electron chi connectivity index (χ3n) is 6.10. The van der Waals surface area contributed by atoms with E-state index in [0.717, 1.165) is 24.2 Å². The summed E-state index contributed by atoms with van der Waals surface area (Å²) in [6, 6.07) is 10.1. The number of amides is 1. The van der Waals surface area contributed by atoms with Crippen LogP contribution in [0.5, 0.6) is 0 Å². The van der Waals surface area contributed by atoms with E-state index in [9.17, 15) is 9.90 Å². The Bertz CT molecular complexity index is 904. The monoisotopic (exact) mass is 425 g/mol. The van der Waals surface area contributed by atoms with Crippen LogP contribution in [-0.2, 0) is 16.9 Å². The number of carbonyl (C=O) groups is 1. The summed E-state index contributed by atoms with van der Waals surface area (Å²) in [7, 11) is 2.06. The summed E-state index contributed by atoms with van der Waals surface area (Å²) in [6.45, 7) is 11.8. The molecule has 6 nitrogen and oxygen atoms in total. The predicted molar refractivity (Wildman–Crippen MR) is 122 cm³/mol. The van der Waals surface area contributed by atoms with Gasteiger partial charge in [0.25, 0.3) is 0 Å². The minimum absolute atomic E-state index is 0.00594. The maximum absolute atomic E-state index is 12.2. The van der Waals surface area contributed by atoms with Crippen molar-refractivity contribution >= 4 is 6.09 Å². The molecule has 0 radical (unpaired) electrons. The third-order valence-corrected chi connectivity index (χ3v) is 6.10. The van der Waals surface area contributed by atoms with E-state index in [0.29, 0.717) is 11.5 Å². The molecule has 1 unspecified atom stereocenters. The number of nitrogens with zero attached hydrogens (tertiary/aromatic N) is 2. The highest BCUT2D eigenvalue weighted by Gasteiger charge is 2.55. The van der Waals surface area contributed by atoms with E-state index in [-0.39, 0.29) is 18.1 Å². The maximum Gasteiger partial charge on any atom is 0.407 e. The molecule has 1 saturated heterocycles. The molecule has 2 heterocycles. The van der Waals surface area contributed by atoms with Crippen molar-refractivity contribution in [3.63, 3.8) is 0 Å². The van der Waals surface area contributed by atoms with E-state index in [1.54, 1.807) is 12.4 Å². The summed E-state index contributed by atoms with van der Waals surface area (Å²) in [5.41, 5.74) is 1.97. The van der Waals surface area contributed by atoms with Crippen molar-refractivity contribution in [3.05, 3.63) is 65.0 Å². The van der Waals surface area contributed by atoms with Crippen molar-refractivity contribution < 1.29 is 14.6 Å². The summed E-state index contributed by atoms with van der Waals surface area (Å²) < 4.78 is 5.32. The molecule has 1 atom stereocenters. The number of pyridine rings is 1. The Morgan fingerprint density at radius 1 is 1.19 bits per heavy atom. The molecule has 6 heteroatoms. The zero-order valence-electron chi connectivity index (χ0n) is 19.5. The van der Waals surface area contributed by atoms with Gasteiger partial charge in [-0.05, 0) is 44.0 Å². The van der Waals surface area contributed by atoms with Crippen LogP contribution in [0.4, 0.5) is 4.79 Å². The van der Waals surface area contributed by atoms with Crippen molar-refractivity contribution in [2.24, 2.45) is 5.41 Å². The summed E-state index contributed by atoms with van der Waals surface area (Å²) in [5, 5.41) is 14.9. The highest BCUT2D eigenvalue weighted by Crippen LogP contribution is 2.50. The fourth-order valence-electron chi connectivity index (χ4n) is 4.54. The van der Waals surface area contributed by atoms with E-state index in [1.807, 2.05) is 32.0 Å². The van der Waals surface area contributed by atoms with E-state index < -0.39 is 11.7 Å². The number of nitrogens with one attached hydrogen (secondary N) is 1. The molecule has 31 heavy (non-hydrogen) atoms. The SMILES string of the molecule is CC(C)NC(=O)OCc1cncc(C(O)(c2ccc(C(C)C)cc2)C2(C)CN(C)C2)c1. The average Bonchev–Trinajstić information content (AvgIpc) is 2.70. The molecular weight excluding hydrogens is 390 g/mol. The minimum atomic E-state index is -1.21. The molecule has 168 valence electrons. The van der Waals surface area contributed by atoms with E-state index in [1.165, 1.54) is 5.56 Å².